The third kappa shape index (κ3) is 3.50. The minimum Gasteiger partial charge on any atom is -0.454 e. The average Bonchev–Trinajstić information content (AvgIpc) is 3.49. The molecule has 0 saturated heterocycles. The molecule has 6 heteroatoms. The van der Waals surface area contributed by atoms with E-state index in [0.29, 0.717) is 17.1 Å². The lowest BCUT2D eigenvalue weighted by Gasteiger charge is -2.17. The minimum absolute atomic E-state index is 0.0253. The van der Waals surface area contributed by atoms with Gasteiger partial charge in [0.2, 0.25) is 12.7 Å². The van der Waals surface area contributed by atoms with Crippen molar-refractivity contribution >= 4 is 17.5 Å². The quantitative estimate of drug-likeness (QED) is 0.659. The summed E-state index contributed by atoms with van der Waals surface area (Å²) in [5.41, 5.74) is 3.57. The van der Waals surface area contributed by atoms with Crippen LogP contribution in [0.25, 0.3) is 11.1 Å². The molecular weight excluding hydrogens is 392 g/mol. The summed E-state index contributed by atoms with van der Waals surface area (Å²) < 4.78 is 10.9. The topological polar surface area (TPSA) is 76.7 Å². The molecule has 0 unspecified atom stereocenters. The van der Waals surface area contributed by atoms with Gasteiger partial charge in [-0.3, -0.25) is 9.59 Å². The number of carbonyl (C=O) groups is 2. The maximum atomic E-state index is 13.2. The summed E-state index contributed by atoms with van der Waals surface area (Å²) >= 11 is 0. The van der Waals surface area contributed by atoms with Crippen molar-refractivity contribution in [1.29, 1.82) is 0 Å². The molecule has 0 aromatic heterocycles. The first-order valence-corrected chi connectivity index (χ1v) is 10.2. The molecule has 0 radical (unpaired) electrons. The van der Waals surface area contributed by atoms with Gasteiger partial charge in [0.25, 0.3) is 5.91 Å². The Bertz CT molecular complexity index is 1180. The maximum Gasteiger partial charge on any atom is 0.251 e. The van der Waals surface area contributed by atoms with E-state index in [0.717, 1.165) is 35.2 Å². The zero-order valence-corrected chi connectivity index (χ0v) is 17.1. The lowest BCUT2D eigenvalue weighted by molar-refractivity contribution is -0.118. The molecule has 156 valence electrons. The summed E-state index contributed by atoms with van der Waals surface area (Å²) in [6.45, 7) is 0.214. The second kappa shape index (κ2) is 7.47. The van der Waals surface area contributed by atoms with Gasteiger partial charge in [-0.2, -0.15) is 0 Å². The van der Waals surface area contributed by atoms with Gasteiger partial charge in [0.15, 0.2) is 11.5 Å². The lowest BCUT2D eigenvalue weighted by Crippen LogP contribution is -2.27. The van der Waals surface area contributed by atoms with Crippen LogP contribution in [0, 0.1) is 0 Å². The van der Waals surface area contributed by atoms with Gasteiger partial charge in [0, 0.05) is 18.3 Å². The van der Waals surface area contributed by atoms with Crippen LogP contribution in [-0.2, 0) is 10.2 Å². The fourth-order valence-electron chi connectivity index (χ4n) is 3.98. The Morgan fingerprint density at radius 2 is 1.61 bits per heavy atom. The molecule has 5 rings (SSSR count). The van der Waals surface area contributed by atoms with E-state index in [9.17, 15) is 9.59 Å². The van der Waals surface area contributed by atoms with Crippen LogP contribution in [0.15, 0.2) is 66.7 Å². The van der Waals surface area contributed by atoms with Crippen LogP contribution < -0.4 is 20.1 Å². The Labute approximate surface area is 180 Å². The minimum atomic E-state index is -0.532. The van der Waals surface area contributed by atoms with Crippen molar-refractivity contribution in [2.45, 2.75) is 18.3 Å². The van der Waals surface area contributed by atoms with Crippen molar-refractivity contribution in [3.05, 3.63) is 77.9 Å². The van der Waals surface area contributed by atoms with Gasteiger partial charge in [0.05, 0.1) is 5.41 Å². The van der Waals surface area contributed by atoms with E-state index < -0.39 is 5.41 Å². The predicted molar refractivity (Wildman–Crippen MR) is 117 cm³/mol. The number of rotatable bonds is 5. The molecule has 0 atom stereocenters. The van der Waals surface area contributed by atoms with E-state index in [1.807, 2.05) is 60.7 Å². The first kappa shape index (κ1) is 19.2. The van der Waals surface area contributed by atoms with Crippen molar-refractivity contribution < 1.29 is 19.1 Å². The van der Waals surface area contributed by atoms with Crippen LogP contribution in [0.4, 0.5) is 5.69 Å². The van der Waals surface area contributed by atoms with E-state index >= 15 is 0 Å². The molecule has 2 amide bonds. The second-order valence-corrected chi connectivity index (χ2v) is 7.85. The highest BCUT2D eigenvalue weighted by Gasteiger charge is 2.51. The number of hydrogen-bond acceptors (Lipinski definition) is 4. The van der Waals surface area contributed by atoms with Crippen LogP contribution in [0.1, 0.15) is 28.8 Å². The van der Waals surface area contributed by atoms with Gasteiger partial charge in [-0.15, -0.1) is 0 Å². The van der Waals surface area contributed by atoms with Crippen molar-refractivity contribution in [1.82, 2.24) is 5.32 Å². The fourth-order valence-corrected chi connectivity index (χ4v) is 3.98. The molecule has 2 N–H and O–H groups in total. The standard InChI is InChI=1S/C25H22N2O4/c1-26-23(28)18-6-2-4-16(12-18)17-5-3-7-20(13-17)27-24(29)25(10-11-25)19-8-9-21-22(14-19)31-15-30-21/h2-9,12-14H,10-11,15H2,1H3,(H,26,28)(H,27,29). The molecular formula is C25H22N2O4. The normalized spacial score (nSPS) is 15.3. The molecule has 3 aromatic carbocycles. The molecule has 1 fully saturated rings. The zero-order valence-electron chi connectivity index (χ0n) is 17.1. The largest absolute Gasteiger partial charge is 0.454 e. The smallest absolute Gasteiger partial charge is 0.251 e. The van der Waals surface area contributed by atoms with Crippen molar-refractivity contribution in [3.8, 4) is 22.6 Å². The zero-order chi connectivity index (χ0) is 21.4. The van der Waals surface area contributed by atoms with Gasteiger partial charge in [0.1, 0.15) is 0 Å². The number of carbonyl (C=O) groups excluding carboxylic acids is 2. The molecule has 6 nitrogen and oxygen atoms in total. The van der Waals surface area contributed by atoms with Crippen LogP contribution in [0.3, 0.4) is 0 Å². The second-order valence-electron chi connectivity index (χ2n) is 7.85. The Hall–Kier alpha value is -3.80. The number of hydrogen-bond donors (Lipinski definition) is 2. The number of nitrogens with one attached hydrogen (secondary N) is 2. The molecule has 3 aromatic rings. The van der Waals surface area contributed by atoms with Crippen molar-refractivity contribution in [2.75, 3.05) is 19.2 Å². The van der Waals surface area contributed by atoms with Crippen molar-refractivity contribution in [3.63, 3.8) is 0 Å². The summed E-state index contributed by atoms with van der Waals surface area (Å²) in [6.07, 6.45) is 1.60. The summed E-state index contributed by atoms with van der Waals surface area (Å²) in [7, 11) is 1.61. The molecule has 0 bridgehead atoms. The van der Waals surface area contributed by atoms with Gasteiger partial charge < -0.3 is 20.1 Å². The Morgan fingerprint density at radius 3 is 2.39 bits per heavy atom. The SMILES string of the molecule is CNC(=O)c1cccc(-c2cccc(NC(=O)C3(c4ccc5c(c4)OCO5)CC3)c2)c1. The molecule has 1 aliphatic carbocycles. The first-order valence-electron chi connectivity index (χ1n) is 10.2. The Kier molecular flexibility index (Phi) is 4.62. The number of fused-ring (bicyclic) bond motifs is 1. The van der Waals surface area contributed by atoms with E-state index in [2.05, 4.69) is 10.6 Å². The molecule has 1 aliphatic heterocycles. The third-order valence-corrected chi connectivity index (χ3v) is 5.92. The molecule has 31 heavy (non-hydrogen) atoms. The van der Waals surface area contributed by atoms with E-state index in [4.69, 9.17) is 9.47 Å². The number of amides is 2. The van der Waals surface area contributed by atoms with Gasteiger partial charge in [-0.05, 0) is 65.9 Å². The lowest BCUT2D eigenvalue weighted by atomic mass is 9.94. The fraction of sp³-hybridized carbons (Fsp3) is 0.200. The Morgan fingerprint density at radius 1 is 0.871 bits per heavy atom. The monoisotopic (exact) mass is 414 g/mol. The highest BCUT2D eigenvalue weighted by atomic mass is 16.7. The third-order valence-electron chi connectivity index (χ3n) is 5.92. The Balaban J connectivity index is 1.38. The summed E-state index contributed by atoms with van der Waals surface area (Å²) in [6, 6.07) is 20.8. The van der Waals surface area contributed by atoms with Crippen LogP contribution in [0.2, 0.25) is 0 Å². The summed E-state index contributed by atoms with van der Waals surface area (Å²) in [4.78, 5) is 25.1. The van der Waals surface area contributed by atoms with Gasteiger partial charge in [-0.1, -0.05) is 30.3 Å². The van der Waals surface area contributed by atoms with Gasteiger partial charge in [-0.25, -0.2) is 0 Å². The molecule has 1 saturated carbocycles. The number of benzene rings is 3. The number of ether oxygens (including phenoxy) is 2. The summed E-state index contributed by atoms with van der Waals surface area (Å²) in [5.74, 6) is 1.24. The van der Waals surface area contributed by atoms with Crippen LogP contribution >= 0.6 is 0 Å². The molecule has 0 spiro atoms. The maximum absolute atomic E-state index is 13.2. The van der Waals surface area contributed by atoms with E-state index in [-0.39, 0.29) is 18.6 Å². The van der Waals surface area contributed by atoms with Crippen LogP contribution in [0.5, 0.6) is 11.5 Å². The van der Waals surface area contributed by atoms with Gasteiger partial charge >= 0.3 is 0 Å². The van der Waals surface area contributed by atoms with Crippen molar-refractivity contribution in [2.24, 2.45) is 0 Å². The van der Waals surface area contributed by atoms with Crippen LogP contribution in [-0.4, -0.2) is 25.7 Å². The summed E-state index contributed by atoms with van der Waals surface area (Å²) in [5, 5.41) is 5.72. The number of anilines is 1. The first-order chi connectivity index (χ1) is 15.1. The average molecular weight is 414 g/mol. The predicted octanol–water partition coefficient (Wildman–Crippen LogP) is 4.11. The highest BCUT2D eigenvalue weighted by molar-refractivity contribution is 6.02. The molecule has 2 aliphatic rings. The molecule has 1 heterocycles. The van der Waals surface area contributed by atoms with E-state index in [1.165, 1.54) is 0 Å². The highest BCUT2D eigenvalue weighted by Crippen LogP contribution is 2.51. The van der Waals surface area contributed by atoms with E-state index in [1.54, 1.807) is 13.1 Å².